The number of thioether (sulfide) groups is 1. The molecule has 0 spiro atoms. The fraction of sp³-hybridized carbons (Fsp3) is 0.250. The number of hydrogen-bond donors (Lipinski definition) is 0. The van der Waals surface area contributed by atoms with E-state index in [2.05, 4.69) is 0 Å². The largest absolute Gasteiger partial charge is 0.301 e. The number of nitro benzene ring substituents is 1. The predicted octanol–water partition coefficient (Wildman–Crippen LogP) is 3.36. The van der Waals surface area contributed by atoms with E-state index in [-0.39, 0.29) is 10.7 Å². The van der Waals surface area contributed by atoms with E-state index in [0.29, 0.717) is 4.90 Å². The van der Waals surface area contributed by atoms with Crippen molar-refractivity contribution in [2.45, 2.75) is 11.8 Å². The Balaban J connectivity index is 3.17. The summed E-state index contributed by atoms with van der Waals surface area (Å²) in [6, 6.07) is 4.95. The van der Waals surface area contributed by atoms with Gasteiger partial charge in [-0.15, -0.1) is 11.8 Å². The van der Waals surface area contributed by atoms with Crippen molar-refractivity contribution >= 4 is 29.1 Å². The Kier molecular flexibility index (Phi) is 3.57. The van der Waals surface area contributed by atoms with E-state index in [1.165, 1.54) is 17.8 Å². The van der Waals surface area contributed by atoms with E-state index in [1.807, 2.05) is 6.92 Å². The molecule has 0 aliphatic carbocycles. The normalized spacial score (nSPS) is 10.0. The third-order valence-electron chi connectivity index (χ3n) is 1.43. The first kappa shape index (κ1) is 10.3. The Labute approximate surface area is 85.2 Å². The van der Waals surface area contributed by atoms with Crippen molar-refractivity contribution in [2.24, 2.45) is 0 Å². The molecule has 1 aromatic carbocycles. The van der Waals surface area contributed by atoms with Crippen molar-refractivity contribution in [1.82, 2.24) is 0 Å². The molecule has 1 rings (SSSR count). The van der Waals surface area contributed by atoms with Gasteiger partial charge in [0.25, 0.3) is 0 Å². The molecule has 0 aliphatic heterocycles. The molecule has 0 heterocycles. The number of nitro groups is 1. The molecule has 5 heteroatoms. The Morgan fingerprint density at radius 2 is 2.31 bits per heavy atom. The molecular formula is C8H8ClNO2S. The van der Waals surface area contributed by atoms with Crippen LogP contribution < -0.4 is 0 Å². The fourth-order valence-corrected chi connectivity index (χ4v) is 2.05. The minimum absolute atomic E-state index is 0.0102. The van der Waals surface area contributed by atoms with E-state index in [0.717, 1.165) is 5.75 Å². The number of benzene rings is 1. The zero-order valence-electron chi connectivity index (χ0n) is 6.99. The third kappa shape index (κ3) is 2.35. The highest BCUT2D eigenvalue weighted by Gasteiger charge is 2.17. The van der Waals surface area contributed by atoms with E-state index < -0.39 is 4.92 Å². The molecule has 0 amide bonds. The molecule has 70 valence electrons. The van der Waals surface area contributed by atoms with Crippen molar-refractivity contribution in [3.05, 3.63) is 33.3 Å². The van der Waals surface area contributed by atoms with Crippen LogP contribution in [-0.2, 0) is 0 Å². The Hall–Kier alpha value is -0.740. The number of hydrogen-bond acceptors (Lipinski definition) is 3. The molecule has 0 atom stereocenters. The van der Waals surface area contributed by atoms with Crippen LogP contribution in [0.3, 0.4) is 0 Å². The molecule has 0 aliphatic rings. The second-order valence-corrected chi connectivity index (χ2v) is 3.99. The summed E-state index contributed by atoms with van der Waals surface area (Å²) in [7, 11) is 0. The van der Waals surface area contributed by atoms with Gasteiger partial charge in [0.15, 0.2) is 0 Å². The summed E-state index contributed by atoms with van der Waals surface area (Å²) in [5.74, 6) is 0.793. The lowest BCUT2D eigenvalue weighted by atomic mass is 10.3. The van der Waals surface area contributed by atoms with E-state index in [4.69, 9.17) is 11.6 Å². The molecule has 3 nitrogen and oxygen atoms in total. The third-order valence-corrected chi connectivity index (χ3v) is 2.67. The molecule has 13 heavy (non-hydrogen) atoms. The molecule has 1 aromatic rings. The minimum atomic E-state index is -0.444. The van der Waals surface area contributed by atoms with Crippen molar-refractivity contribution < 1.29 is 4.92 Å². The molecular weight excluding hydrogens is 210 g/mol. The van der Waals surface area contributed by atoms with Crippen LogP contribution in [0.2, 0.25) is 5.02 Å². The highest BCUT2D eigenvalue weighted by Crippen LogP contribution is 2.34. The fourth-order valence-electron chi connectivity index (χ4n) is 0.945. The molecule has 0 aromatic heterocycles. The van der Waals surface area contributed by atoms with Crippen LogP contribution in [-0.4, -0.2) is 10.7 Å². The molecule has 0 radical (unpaired) electrons. The van der Waals surface area contributed by atoms with Crippen LogP contribution in [0.25, 0.3) is 0 Å². The van der Waals surface area contributed by atoms with Crippen LogP contribution in [0.15, 0.2) is 23.1 Å². The monoisotopic (exact) mass is 217 g/mol. The lowest BCUT2D eigenvalue weighted by Crippen LogP contribution is -1.91. The van der Waals surface area contributed by atoms with E-state index in [1.54, 1.807) is 12.1 Å². The quantitative estimate of drug-likeness (QED) is 0.443. The maximum Gasteiger partial charge on any atom is 0.301 e. The molecule has 0 bridgehead atoms. The average molecular weight is 218 g/mol. The van der Waals surface area contributed by atoms with Gasteiger partial charge in [-0.3, -0.25) is 10.1 Å². The molecule has 0 unspecified atom stereocenters. The first-order valence-electron chi connectivity index (χ1n) is 3.72. The Morgan fingerprint density at radius 3 is 2.85 bits per heavy atom. The van der Waals surface area contributed by atoms with Gasteiger partial charge in [-0.25, -0.2) is 0 Å². The van der Waals surface area contributed by atoms with Crippen LogP contribution in [0.5, 0.6) is 0 Å². The van der Waals surface area contributed by atoms with E-state index >= 15 is 0 Å². The lowest BCUT2D eigenvalue weighted by molar-refractivity contribution is -0.387. The van der Waals surface area contributed by atoms with Crippen molar-refractivity contribution in [2.75, 3.05) is 5.75 Å². The SMILES string of the molecule is CCSc1cccc(Cl)c1[N+](=O)[O-]. The molecule has 0 N–H and O–H groups in total. The highest BCUT2D eigenvalue weighted by atomic mass is 35.5. The topological polar surface area (TPSA) is 43.1 Å². The molecule has 0 saturated heterocycles. The van der Waals surface area contributed by atoms with Gasteiger partial charge in [0.05, 0.1) is 9.82 Å². The zero-order valence-corrected chi connectivity index (χ0v) is 8.56. The maximum atomic E-state index is 10.6. The van der Waals surface area contributed by atoms with E-state index in [9.17, 15) is 10.1 Å². The number of nitrogens with zero attached hydrogens (tertiary/aromatic N) is 1. The second kappa shape index (κ2) is 4.48. The van der Waals surface area contributed by atoms with Gasteiger partial charge in [-0.2, -0.15) is 0 Å². The predicted molar refractivity (Wildman–Crippen MR) is 54.5 cm³/mol. The summed E-state index contributed by atoms with van der Waals surface area (Å²) in [5, 5.41) is 10.8. The first-order valence-corrected chi connectivity index (χ1v) is 5.09. The van der Waals surface area contributed by atoms with Gasteiger partial charge in [-0.1, -0.05) is 24.6 Å². The van der Waals surface area contributed by atoms with Gasteiger partial charge >= 0.3 is 5.69 Å². The van der Waals surface area contributed by atoms with Crippen LogP contribution in [0, 0.1) is 10.1 Å². The first-order chi connectivity index (χ1) is 6.16. The Morgan fingerprint density at radius 1 is 1.62 bits per heavy atom. The number of para-hydroxylation sites is 1. The second-order valence-electron chi connectivity index (χ2n) is 2.28. The van der Waals surface area contributed by atoms with Gasteiger partial charge in [0.1, 0.15) is 5.02 Å². The maximum absolute atomic E-state index is 10.6. The summed E-state index contributed by atoms with van der Waals surface area (Å²) < 4.78 is 0. The Bertz CT molecular complexity index is 330. The summed E-state index contributed by atoms with van der Waals surface area (Å²) in [6.45, 7) is 1.94. The minimum Gasteiger partial charge on any atom is -0.258 e. The smallest absolute Gasteiger partial charge is 0.258 e. The number of rotatable bonds is 3. The van der Waals surface area contributed by atoms with Crippen molar-refractivity contribution in [3.63, 3.8) is 0 Å². The van der Waals surface area contributed by atoms with Gasteiger partial charge in [0.2, 0.25) is 0 Å². The van der Waals surface area contributed by atoms with Gasteiger partial charge in [-0.05, 0) is 17.9 Å². The van der Waals surface area contributed by atoms with Gasteiger partial charge in [0, 0.05) is 0 Å². The molecule has 0 fully saturated rings. The summed E-state index contributed by atoms with van der Waals surface area (Å²) in [6.07, 6.45) is 0. The molecule has 0 saturated carbocycles. The number of halogens is 1. The summed E-state index contributed by atoms with van der Waals surface area (Å²) in [5.41, 5.74) is 0.0102. The summed E-state index contributed by atoms with van der Waals surface area (Å²) >= 11 is 7.12. The van der Waals surface area contributed by atoms with Crippen molar-refractivity contribution in [3.8, 4) is 0 Å². The summed E-state index contributed by atoms with van der Waals surface area (Å²) in [4.78, 5) is 10.8. The highest BCUT2D eigenvalue weighted by molar-refractivity contribution is 7.99. The van der Waals surface area contributed by atoms with Crippen molar-refractivity contribution in [1.29, 1.82) is 0 Å². The van der Waals surface area contributed by atoms with Crippen LogP contribution >= 0.6 is 23.4 Å². The zero-order chi connectivity index (χ0) is 9.84. The van der Waals surface area contributed by atoms with Gasteiger partial charge < -0.3 is 0 Å². The van der Waals surface area contributed by atoms with Crippen LogP contribution in [0.1, 0.15) is 6.92 Å². The standard InChI is InChI=1S/C8H8ClNO2S/c1-2-13-7-5-3-4-6(9)8(7)10(11)12/h3-5H,2H2,1H3. The van der Waals surface area contributed by atoms with Crippen LogP contribution in [0.4, 0.5) is 5.69 Å². The lowest BCUT2D eigenvalue weighted by Gasteiger charge is -2.01. The average Bonchev–Trinajstić information content (AvgIpc) is 2.04.